The molecule has 0 aliphatic heterocycles. The van der Waals surface area contributed by atoms with Gasteiger partial charge in [-0.15, -0.1) is 0 Å². The zero-order chi connectivity index (χ0) is 23.1. The van der Waals surface area contributed by atoms with Gasteiger partial charge in [0, 0.05) is 24.0 Å². The van der Waals surface area contributed by atoms with Gasteiger partial charge in [0.15, 0.2) is 0 Å². The van der Waals surface area contributed by atoms with Crippen molar-refractivity contribution in [3.63, 3.8) is 0 Å². The monoisotopic (exact) mass is 452 g/mol. The highest BCUT2D eigenvalue weighted by Crippen LogP contribution is 2.31. The molecule has 10 heteroatoms. The Morgan fingerprint density at radius 2 is 1.97 bits per heavy atom. The number of nitrogens with zero attached hydrogens (tertiary/aromatic N) is 3. The highest BCUT2D eigenvalue weighted by Gasteiger charge is 2.16. The number of carbonyl (C=O) groups excluding carboxylic acids is 2. The van der Waals surface area contributed by atoms with Crippen LogP contribution in [0.1, 0.15) is 27.6 Å². The Kier molecular flexibility index (Phi) is 7.33. The Balaban J connectivity index is 1.91. The minimum atomic E-state index is -0.784. The molecule has 0 spiro atoms. The van der Waals surface area contributed by atoms with Crippen LogP contribution in [0.4, 0.5) is 5.82 Å². The van der Waals surface area contributed by atoms with Gasteiger partial charge in [0.25, 0.3) is 11.7 Å². The summed E-state index contributed by atoms with van der Waals surface area (Å²) in [6, 6.07) is 12.3. The Morgan fingerprint density at radius 1 is 1.19 bits per heavy atom. The first kappa shape index (κ1) is 22.7. The summed E-state index contributed by atoms with van der Waals surface area (Å²) < 4.78 is 11.3. The minimum absolute atomic E-state index is 0.000588. The number of halogens is 1. The number of Topliss-reactive ketones (excluding diaryl/α,β-unsaturated/α-hetero) is 1. The maximum atomic E-state index is 12.7. The van der Waals surface area contributed by atoms with Crippen LogP contribution in [0, 0.1) is 11.3 Å². The largest absolute Gasteiger partial charge is 0.488 e. The van der Waals surface area contributed by atoms with E-state index in [0.717, 1.165) is 6.20 Å². The van der Waals surface area contributed by atoms with Crippen LogP contribution in [0.3, 0.4) is 0 Å². The lowest BCUT2D eigenvalue weighted by Gasteiger charge is -2.15. The lowest BCUT2D eigenvalue weighted by molar-refractivity contribution is 0.102. The molecule has 0 unspecified atom stereocenters. The molecule has 0 radical (unpaired) electrons. The molecule has 0 aliphatic rings. The third-order valence-corrected chi connectivity index (χ3v) is 4.30. The summed E-state index contributed by atoms with van der Waals surface area (Å²) in [6.07, 6.45) is 2.17. The number of ketones is 1. The molecule has 1 aromatic carbocycles. The average molecular weight is 453 g/mol. The number of ether oxygens (including phenoxy) is 2. The third-order valence-electron chi connectivity index (χ3n) is 4.03. The Morgan fingerprint density at radius 3 is 2.62 bits per heavy atom. The molecule has 0 fully saturated rings. The number of nitrogens with one attached hydrogen (secondary N) is 1. The molecule has 0 bridgehead atoms. The van der Waals surface area contributed by atoms with Gasteiger partial charge in [-0.1, -0.05) is 17.7 Å². The van der Waals surface area contributed by atoms with Crippen LogP contribution in [0.5, 0.6) is 17.4 Å². The number of carbonyl (C=O) groups is 2. The SMILES string of the molecule is C[C@@H](CO)Oc1cc(Oc2ncc(C(=O)C#N)cc2Cl)cc(C(=O)Nc2ccccn2)c1. The summed E-state index contributed by atoms with van der Waals surface area (Å²) in [5, 5.41) is 20.7. The van der Waals surface area contributed by atoms with Gasteiger partial charge in [0.05, 0.1) is 12.2 Å². The summed E-state index contributed by atoms with van der Waals surface area (Å²) in [4.78, 5) is 32.2. The van der Waals surface area contributed by atoms with Crippen LogP contribution < -0.4 is 14.8 Å². The Hall–Kier alpha value is -4.00. The van der Waals surface area contributed by atoms with Gasteiger partial charge in [-0.2, -0.15) is 5.26 Å². The molecule has 32 heavy (non-hydrogen) atoms. The van der Waals surface area contributed by atoms with E-state index in [1.165, 1.54) is 30.3 Å². The first-order valence-electron chi connectivity index (χ1n) is 9.32. The predicted octanol–water partition coefficient (Wildman–Crippen LogP) is 3.64. The molecular formula is C22H17ClN4O5. The van der Waals surface area contributed by atoms with E-state index in [4.69, 9.17) is 26.3 Å². The van der Waals surface area contributed by atoms with Crippen molar-refractivity contribution < 1.29 is 24.2 Å². The van der Waals surface area contributed by atoms with Crippen molar-refractivity contribution in [2.24, 2.45) is 0 Å². The predicted molar refractivity (Wildman–Crippen MR) is 115 cm³/mol. The van der Waals surface area contributed by atoms with Gasteiger partial charge in [-0.3, -0.25) is 9.59 Å². The highest BCUT2D eigenvalue weighted by molar-refractivity contribution is 6.32. The van der Waals surface area contributed by atoms with Gasteiger partial charge >= 0.3 is 0 Å². The molecule has 1 amide bonds. The van der Waals surface area contributed by atoms with Crippen molar-refractivity contribution in [2.45, 2.75) is 13.0 Å². The van der Waals surface area contributed by atoms with Crippen LogP contribution in [-0.2, 0) is 0 Å². The maximum Gasteiger partial charge on any atom is 0.263 e. The van der Waals surface area contributed by atoms with Crippen molar-refractivity contribution in [3.05, 3.63) is 71.0 Å². The van der Waals surface area contributed by atoms with Crippen LogP contribution in [0.25, 0.3) is 0 Å². The number of amides is 1. The summed E-state index contributed by atoms with van der Waals surface area (Å²) in [5.41, 5.74) is 0.217. The summed E-state index contributed by atoms with van der Waals surface area (Å²) in [5.74, 6) is -0.491. The molecule has 162 valence electrons. The molecule has 0 aliphatic carbocycles. The average Bonchev–Trinajstić information content (AvgIpc) is 2.80. The van der Waals surface area contributed by atoms with Gasteiger partial charge in [-0.25, -0.2) is 9.97 Å². The third kappa shape index (κ3) is 5.78. The fraction of sp³-hybridized carbons (Fsp3) is 0.136. The van der Waals surface area contributed by atoms with E-state index in [2.05, 4.69) is 15.3 Å². The van der Waals surface area contributed by atoms with Crippen molar-refractivity contribution in [2.75, 3.05) is 11.9 Å². The number of pyridine rings is 2. The van der Waals surface area contributed by atoms with Crippen molar-refractivity contribution in [3.8, 4) is 23.4 Å². The Labute approximate surface area is 188 Å². The molecule has 0 saturated heterocycles. The molecule has 2 aromatic heterocycles. The zero-order valence-electron chi connectivity index (χ0n) is 16.8. The van der Waals surface area contributed by atoms with Gasteiger partial charge in [-0.05, 0) is 37.3 Å². The van der Waals surface area contributed by atoms with Gasteiger partial charge < -0.3 is 19.9 Å². The normalized spacial score (nSPS) is 11.2. The first-order valence-corrected chi connectivity index (χ1v) is 9.70. The van der Waals surface area contributed by atoms with E-state index in [-0.39, 0.29) is 40.1 Å². The molecule has 2 heterocycles. The summed E-state index contributed by atoms with van der Waals surface area (Å²) in [6.45, 7) is 1.42. The molecule has 0 saturated carbocycles. The molecule has 2 N–H and O–H groups in total. The second-order valence-corrected chi connectivity index (χ2v) is 6.93. The van der Waals surface area contributed by atoms with E-state index in [1.54, 1.807) is 31.3 Å². The zero-order valence-corrected chi connectivity index (χ0v) is 17.5. The molecule has 3 rings (SSSR count). The van der Waals surface area contributed by atoms with Crippen LogP contribution in [-0.4, -0.2) is 39.5 Å². The summed E-state index contributed by atoms with van der Waals surface area (Å²) >= 11 is 6.14. The maximum absolute atomic E-state index is 12.7. The number of aliphatic hydroxyl groups excluding tert-OH is 1. The van der Waals surface area contributed by atoms with E-state index < -0.39 is 17.8 Å². The standard InChI is InChI=1S/C22H17ClN4O5/c1-13(12-28)31-16-6-14(21(30)27-20-4-2-3-5-25-20)7-17(9-16)32-22-18(23)8-15(11-26-22)19(29)10-24/h2-9,11,13,28H,12H2,1H3,(H,25,27,30)/t13-/m0/s1. The van der Waals surface area contributed by atoms with Crippen LogP contribution in [0.2, 0.25) is 5.02 Å². The fourth-order valence-corrected chi connectivity index (χ4v) is 2.73. The first-order chi connectivity index (χ1) is 15.4. The van der Waals surface area contributed by atoms with E-state index in [0.29, 0.717) is 5.82 Å². The van der Waals surface area contributed by atoms with Crippen molar-refractivity contribution in [1.29, 1.82) is 5.26 Å². The number of benzene rings is 1. The quantitative estimate of drug-likeness (QED) is 0.390. The lowest BCUT2D eigenvalue weighted by atomic mass is 10.2. The van der Waals surface area contributed by atoms with E-state index in [1.807, 2.05) is 0 Å². The van der Waals surface area contributed by atoms with Crippen LogP contribution in [0.15, 0.2) is 54.9 Å². The van der Waals surface area contributed by atoms with Gasteiger partial charge in [0.2, 0.25) is 5.88 Å². The highest BCUT2D eigenvalue weighted by atomic mass is 35.5. The number of anilines is 1. The number of hydrogen-bond donors (Lipinski definition) is 2. The number of nitriles is 1. The topological polar surface area (TPSA) is 134 Å². The number of aromatic nitrogens is 2. The van der Waals surface area contributed by atoms with Crippen molar-refractivity contribution >= 4 is 29.1 Å². The second-order valence-electron chi connectivity index (χ2n) is 6.53. The lowest BCUT2D eigenvalue weighted by Crippen LogP contribution is -2.17. The number of hydrogen-bond acceptors (Lipinski definition) is 8. The number of rotatable bonds is 8. The Bertz CT molecular complexity index is 1180. The second kappa shape index (κ2) is 10.3. The molecule has 9 nitrogen and oxygen atoms in total. The molecule has 1 atom stereocenters. The smallest absolute Gasteiger partial charge is 0.263 e. The molecular weight excluding hydrogens is 436 g/mol. The number of aliphatic hydroxyl groups is 1. The summed E-state index contributed by atoms with van der Waals surface area (Å²) in [7, 11) is 0. The van der Waals surface area contributed by atoms with Gasteiger partial charge in [0.1, 0.15) is 34.5 Å². The molecule has 3 aromatic rings. The van der Waals surface area contributed by atoms with E-state index in [9.17, 15) is 14.7 Å². The van der Waals surface area contributed by atoms with E-state index >= 15 is 0 Å². The van der Waals surface area contributed by atoms with Crippen molar-refractivity contribution in [1.82, 2.24) is 9.97 Å². The minimum Gasteiger partial charge on any atom is -0.488 e. The fourth-order valence-electron chi connectivity index (χ4n) is 2.53. The van der Waals surface area contributed by atoms with Crippen LogP contribution >= 0.6 is 11.6 Å².